The number of hydrogen-bond donors (Lipinski definition) is 1. The third-order valence-corrected chi connectivity index (χ3v) is 6.14. The number of likely N-dealkylation sites (tertiary alicyclic amines) is 1. The van der Waals surface area contributed by atoms with Crippen LogP contribution in [0.4, 0.5) is 5.69 Å². The predicted molar refractivity (Wildman–Crippen MR) is 123 cm³/mol. The monoisotopic (exact) mass is 526 g/mol. The molecule has 3 aromatic carbocycles. The summed E-state index contributed by atoms with van der Waals surface area (Å²) < 4.78 is 0. The van der Waals surface area contributed by atoms with Crippen molar-refractivity contribution in [3.05, 3.63) is 102 Å². The zero-order valence-electron chi connectivity index (χ0n) is 18.1. The van der Waals surface area contributed by atoms with Gasteiger partial charge in [0.2, 0.25) is 5.91 Å². The number of quaternary nitrogens is 1. The minimum Gasteiger partial charge on any atom is -1.00 e. The Morgan fingerprint density at radius 3 is 1.94 bits per heavy atom. The summed E-state index contributed by atoms with van der Waals surface area (Å²) in [5, 5.41) is 0. The van der Waals surface area contributed by atoms with Crippen LogP contribution in [-0.4, -0.2) is 32.6 Å². The van der Waals surface area contributed by atoms with E-state index in [-0.39, 0.29) is 35.8 Å². The Hall–Kier alpha value is -2.18. The zero-order chi connectivity index (χ0) is 20.8. The van der Waals surface area contributed by atoms with Gasteiger partial charge in [0, 0.05) is 18.2 Å². The SMILES string of the molecule is C[NH+]1CCCC(CN(C(=O)C(c2ccccc2)c2ccccc2)c2ccccc2)C1.[I-]. The van der Waals surface area contributed by atoms with E-state index in [2.05, 4.69) is 43.4 Å². The Labute approximate surface area is 203 Å². The van der Waals surface area contributed by atoms with Gasteiger partial charge in [0.1, 0.15) is 0 Å². The van der Waals surface area contributed by atoms with Gasteiger partial charge >= 0.3 is 0 Å². The standard InChI is InChI=1S/C27H30N2O.HI/c1-28-19-11-12-22(20-28)21-29(25-17-9-4-10-18-25)27(30)26(23-13-5-2-6-14-23)24-15-7-3-8-16-24;/h2-10,13-18,22,26H,11-12,19-21H2,1H3;1H. The second-order valence-corrected chi connectivity index (χ2v) is 8.46. The lowest BCUT2D eigenvalue weighted by Crippen LogP contribution is -3.10. The van der Waals surface area contributed by atoms with Gasteiger partial charge in [0.15, 0.2) is 0 Å². The molecule has 1 aliphatic rings. The van der Waals surface area contributed by atoms with Crippen LogP contribution in [0.5, 0.6) is 0 Å². The highest BCUT2D eigenvalue weighted by atomic mass is 127. The van der Waals surface area contributed by atoms with E-state index in [0.29, 0.717) is 5.92 Å². The van der Waals surface area contributed by atoms with Crippen LogP contribution >= 0.6 is 0 Å². The molecule has 0 radical (unpaired) electrons. The molecule has 2 atom stereocenters. The first kappa shape index (κ1) is 23.5. The maximum atomic E-state index is 14.1. The molecule has 31 heavy (non-hydrogen) atoms. The van der Waals surface area contributed by atoms with Crippen LogP contribution in [0.15, 0.2) is 91.0 Å². The van der Waals surface area contributed by atoms with Crippen molar-refractivity contribution in [2.75, 3.05) is 31.6 Å². The van der Waals surface area contributed by atoms with E-state index in [1.165, 1.54) is 19.4 Å². The van der Waals surface area contributed by atoms with Crippen molar-refractivity contribution in [3.63, 3.8) is 0 Å². The summed E-state index contributed by atoms with van der Waals surface area (Å²) in [4.78, 5) is 17.7. The van der Waals surface area contributed by atoms with Crippen molar-refractivity contribution in [2.24, 2.45) is 5.92 Å². The molecule has 0 saturated carbocycles. The van der Waals surface area contributed by atoms with Gasteiger partial charge < -0.3 is 33.8 Å². The molecule has 1 saturated heterocycles. The molecule has 1 N–H and O–H groups in total. The lowest BCUT2D eigenvalue weighted by Gasteiger charge is -2.34. The number of hydrogen-bond acceptors (Lipinski definition) is 1. The van der Waals surface area contributed by atoms with Gasteiger partial charge in [-0.2, -0.15) is 0 Å². The first-order valence-corrected chi connectivity index (χ1v) is 11.0. The average molecular weight is 526 g/mol. The number of carbonyl (C=O) groups is 1. The highest BCUT2D eigenvalue weighted by molar-refractivity contribution is 6.00. The first-order valence-electron chi connectivity index (χ1n) is 11.0. The van der Waals surface area contributed by atoms with E-state index in [0.717, 1.165) is 29.9 Å². The van der Waals surface area contributed by atoms with Crippen LogP contribution in [0, 0.1) is 5.92 Å². The Balaban J connectivity index is 0.00000272. The van der Waals surface area contributed by atoms with E-state index in [4.69, 9.17) is 0 Å². The summed E-state index contributed by atoms with van der Waals surface area (Å²) in [6, 6.07) is 30.5. The number of piperidine rings is 1. The van der Waals surface area contributed by atoms with E-state index in [9.17, 15) is 4.79 Å². The predicted octanol–water partition coefficient (Wildman–Crippen LogP) is 0.780. The molecule has 0 aliphatic carbocycles. The van der Waals surface area contributed by atoms with Crippen LogP contribution in [0.2, 0.25) is 0 Å². The molecule has 1 fully saturated rings. The van der Waals surface area contributed by atoms with Crippen LogP contribution < -0.4 is 33.8 Å². The van der Waals surface area contributed by atoms with Crippen molar-refractivity contribution in [1.82, 2.24) is 0 Å². The minimum absolute atomic E-state index is 0. The fourth-order valence-corrected chi connectivity index (χ4v) is 4.66. The largest absolute Gasteiger partial charge is 1.00 e. The quantitative estimate of drug-likeness (QED) is 0.472. The zero-order valence-corrected chi connectivity index (χ0v) is 20.2. The van der Waals surface area contributed by atoms with Crippen LogP contribution in [0.3, 0.4) is 0 Å². The molecule has 0 aromatic heterocycles. The smallest absolute Gasteiger partial charge is 0.238 e. The van der Waals surface area contributed by atoms with Crippen molar-refractivity contribution in [1.29, 1.82) is 0 Å². The number of rotatable bonds is 6. The Morgan fingerprint density at radius 2 is 1.42 bits per heavy atom. The van der Waals surface area contributed by atoms with Gasteiger partial charge in [0.05, 0.1) is 26.1 Å². The molecule has 4 heteroatoms. The number of amides is 1. The molecule has 1 amide bonds. The van der Waals surface area contributed by atoms with Crippen molar-refractivity contribution in [2.45, 2.75) is 18.8 Å². The molecule has 162 valence electrons. The minimum atomic E-state index is -0.304. The first-order chi connectivity index (χ1) is 14.7. The molecule has 0 bridgehead atoms. The van der Waals surface area contributed by atoms with Gasteiger partial charge in [-0.25, -0.2) is 0 Å². The van der Waals surface area contributed by atoms with Crippen molar-refractivity contribution >= 4 is 11.6 Å². The number of benzene rings is 3. The summed E-state index contributed by atoms with van der Waals surface area (Å²) in [5.74, 6) is 0.373. The highest BCUT2D eigenvalue weighted by Gasteiger charge is 2.31. The maximum absolute atomic E-state index is 14.1. The summed E-state index contributed by atoms with van der Waals surface area (Å²) in [6.45, 7) is 3.13. The topological polar surface area (TPSA) is 24.8 Å². The number of nitrogens with zero attached hydrogens (tertiary/aromatic N) is 1. The Bertz CT molecular complexity index is 894. The number of nitrogens with one attached hydrogen (secondary N) is 1. The van der Waals surface area contributed by atoms with E-state index < -0.39 is 0 Å². The molecule has 3 nitrogen and oxygen atoms in total. The molecule has 4 rings (SSSR count). The molecule has 0 spiro atoms. The van der Waals surface area contributed by atoms with Gasteiger partial charge in [-0.3, -0.25) is 4.79 Å². The van der Waals surface area contributed by atoms with E-state index in [1.54, 1.807) is 4.90 Å². The molecule has 3 aromatic rings. The van der Waals surface area contributed by atoms with Gasteiger partial charge in [-0.15, -0.1) is 0 Å². The second-order valence-electron chi connectivity index (χ2n) is 8.46. The van der Waals surface area contributed by atoms with Gasteiger partial charge in [-0.1, -0.05) is 78.9 Å². The summed E-state index contributed by atoms with van der Waals surface area (Å²) in [7, 11) is 2.26. The molecule has 1 heterocycles. The lowest BCUT2D eigenvalue weighted by atomic mass is 9.89. The summed E-state index contributed by atoms with van der Waals surface area (Å²) >= 11 is 0. The third-order valence-electron chi connectivity index (χ3n) is 6.14. The average Bonchev–Trinajstić information content (AvgIpc) is 2.80. The third kappa shape index (κ3) is 5.95. The highest BCUT2D eigenvalue weighted by Crippen LogP contribution is 2.30. The number of carbonyl (C=O) groups excluding carboxylic acids is 1. The van der Waals surface area contributed by atoms with Crippen LogP contribution in [-0.2, 0) is 4.79 Å². The molecular weight excluding hydrogens is 495 g/mol. The summed E-state index contributed by atoms with van der Waals surface area (Å²) in [5.41, 5.74) is 3.07. The number of halogens is 1. The summed E-state index contributed by atoms with van der Waals surface area (Å²) in [6.07, 6.45) is 2.42. The van der Waals surface area contributed by atoms with E-state index in [1.807, 2.05) is 59.5 Å². The molecular formula is C27H31IN2O. The lowest BCUT2D eigenvalue weighted by molar-refractivity contribution is -0.888. The maximum Gasteiger partial charge on any atom is 0.238 e. The second kappa shape index (κ2) is 11.4. The number of para-hydroxylation sites is 1. The molecule has 2 unspecified atom stereocenters. The fourth-order valence-electron chi connectivity index (χ4n) is 4.66. The van der Waals surface area contributed by atoms with E-state index >= 15 is 0 Å². The Morgan fingerprint density at radius 1 is 0.903 bits per heavy atom. The van der Waals surface area contributed by atoms with Gasteiger partial charge in [0.25, 0.3) is 0 Å². The normalized spacial score (nSPS) is 18.3. The molecule has 1 aliphatic heterocycles. The fraction of sp³-hybridized carbons (Fsp3) is 0.296. The van der Waals surface area contributed by atoms with Crippen LogP contribution in [0.25, 0.3) is 0 Å². The van der Waals surface area contributed by atoms with Crippen molar-refractivity contribution < 1.29 is 33.7 Å². The number of anilines is 1. The van der Waals surface area contributed by atoms with Crippen molar-refractivity contribution in [3.8, 4) is 0 Å². The Kier molecular flexibility index (Phi) is 8.67. The van der Waals surface area contributed by atoms with Gasteiger partial charge in [-0.05, 0) is 36.1 Å². The van der Waals surface area contributed by atoms with Crippen LogP contribution in [0.1, 0.15) is 29.9 Å².